The zero-order valence-corrected chi connectivity index (χ0v) is 8.30. The average Bonchev–Trinajstić information content (AvgIpc) is 2.09. The van der Waals surface area contributed by atoms with Crippen molar-refractivity contribution in [2.75, 3.05) is 0 Å². The minimum absolute atomic E-state index is 0.686. The highest BCUT2D eigenvalue weighted by Gasteiger charge is 1.96. The van der Waals surface area contributed by atoms with Gasteiger partial charge in [0.1, 0.15) is 0 Å². The van der Waals surface area contributed by atoms with Crippen molar-refractivity contribution >= 4 is 22.0 Å². The van der Waals surface area contributed by atoms with Crippen molar-refractivity contribution in [3.05, 3.63) is 39.9 Å². The molecule has 1 aromatic rings. The van der Waals surface area contributed by atoms with Crippen LogP contribution in [0.4, 0.5) is 0 Å². The molecule has 0 atom stereocenters. The lowest BCUT2D eigenvalue weighted by Crippen LogP contribution is -1.78. The zero-order chi connectivity index (χ0) is 8.97. The topological polar surface area (TPSA) is 23.8 Å². The lowest BCUT2D eigenvalue weighted by molar-refractivity contribution is 1.47. The summed E-state index contributed by atoms with van der Waals surface area (Å²) in [5, 5.41) is 8.63. The summed E-state index contributed by atoms with van der Waals surface area (Å²) in [5.41, 5.74) is 1.72. The van der Waals surface area contributed by atoms with Crippen molar-refractivity contribution in [1.82, 2.24) is 0 Å². The monoisotopic (exact) mass is 221 g/mol. The third kappa shape index (κ3) is 1.96. The molecule has 0 heterocycles. The largest absolute Gasteiger partial charge is 0.192 e. The first-order valence-electron chi connectivity index (χ1n) is 3.60. The van der Waals surface area contributed by atoms with Crippen molar-refractivity contribution < 1.29 is 0 Å². The predicted molar refractivity (Wildman–Crippen MR) is 53.6 cm³/mol. The second-order valence-electron chi connectivity index (χ2n) is 2.35. The zero-order valence-electron chi connectivity index (χ0n) is 6.71. The fourth-order valence-electron chi connectivity index (χ4n) is 0.921. The quantitative estimate of drug-likeness (QED) is 0.714. The minimum Gasteiger partial charge on any atom is -0.192 e. The van der Waals surface area contributed by atoms with Gasteiger partial charge in [-0.15, -0.1) is 0 Å². The van der Waals surface area contributed by atoms with Gasteiger partial charge in [-0.1, -0.05) is 28.1 Å². The summed E-state index contributed by atoms with van der Waals surface area (Å²) in [6.45, 7) is 1.95. The number of nitrogens with zero attached hydrogens (tertiary/aromatic N) is 1. The van der Waals surface area contributed by atoms with Crippen LogP contribution in [0, 0.1) is 11.3 Å². The van der Waals surface area contributed by atoms with Gasteiger partial charge >= 0.3 is 0 Å². The number of benzene rings is 1. The van der Waals surface area contributed by atoms with E-state index < -0.39 is 0 Å². The number of hydrogen-bond acceptors (Lipinski definition) is 1. The third-order valence-electron chi connectivity index (χ3n) is 1.47. The Morgan fingerprint density at radius 2 is 2.25 bits per heavy atom. The molecule has 0 amide bonds. The lowest BCUT2D eigenvalue weighted by atomic mass is 10.1. The van der Waals surface area contributed by atoms with Gasteiger partial charge in [0.25, 0.3) is 0 Å². The Kier molecular flexibility index (Phi) is 3.07. The highest BCUT2D eigenvalue weighted by molar-refractivity contribution is 9.10. The Labute approximate surface area is 80.5 Å². The van der Waals surface area contributed by atoms with E-state index in [0.717, 1.165) is 10.0 Å². The predicted octanol–water partition coefficient (Wildman–Crippen LogP) is 3.35. The Morgan fingerprint density at radius 1 is 1.50 bits per heavy atom. The normalized spacial score (nSPS) is 10.1. The molecule has 0 radical (unpaired) electrons. The van der Waals surface area contributed by atoms with Gasteiger partial charge in [0.15, 0.2) is 0 Å². The molecule has 0 unspecified atom stereocenters. The summed E-state index contributed by atoms with van der Waals surface area (Å²) >= 11 is 3.40. The Hall–Kier alpha value is -1.07. The van der Waals surface area contributed by atoms with Crippen LogP contribution in [0.3, 0.4) is 0 Å². The summed E-state index contributed by atoms with van der Waals surface area (Å²) in [6.07, 6.45) is 3.91. The molecule has 0 spiro atoms. The van der Waals surface area contributed by atoms with E-state index in [4.69, 9.17) is 5.26 Å². The van der Waals surface area contributed by atoms with Crippen molar-refractivity contribution in [2.24, 2.45) is 0 Å². The van der Waals surface area contributed by atoms with Crippen LogP contribution in [0.2, 0.25) is 0 Å². The standard InChI is InChI=1S/C10H8BrN/c1-2-3-9-6-8(7-12)4-5-10(9)11/h2-6H,1H3/b3-2-. The van der Waals surface area contributed by atoms with E-state index in [1.54, 1.807) is 6.07 Å². The fourth-order valence-corrected chi connectivity index (χ4v) is 1.30. The fraction of sp³-hybridized carbons (Fsp3) is 0.100. The minimum atomic E-state index is 0.686. The lowest BCUT2D eigenvalue weighted by Gasteiger charge is -1.97. The van der Waals surface area contributed by atoms with Crippen LogP contribution < -0.4 is 0 Å². The van der Waals surface area contributed by atoms with Gasteiger partial charge < -0.3 is 0 Å². The second kappa shape index (κ2) is 4.08. The van der Waals surface area contributed by atoms with Crippen LogP contribution in [0.25, 0.3) is 6.08 Å². The molecule has 0 bridgehead atoms. The molecular weight excluding hydrogens is 214 g/mol. The number of rotatable bonds is 1. The van der Waals surface area contributed by atoms with Crippen LogP contribution in [0.5, 0.6) is 0 Å². The van der Waals surface area contributed by atoms with Crippen molar-refractivity contribution in [2.45, 2.75) is 6.92 Å². The van der Waals surface area contributed by atoms with E-state index in [1.807, 2.05) is 31.2 Å². The van der Waals surface area contributed by atoms with Gasteiger partial charge in [-0.25, -0.2) is 0 Å². The highest BCUT2D eigenvalue weighted by Crippen LogP contribution is 2.19. The average molecular weight is 222 g/mol. The van der Waals surface area contributed by atoms with Crippen molar-refractivity contribution in [3.8, 4) is 6.07 Å². The molecule has 0 aliphatic rings. The van der Waals surface area contributed by atoms with Gasteiger partial charge in [-0.3, -0.25) is 0 Å². The van der Waals surface area contributed by atoms with Gasteiger partial charge in [0.2, 0.25) is 0 Å². The molecule has 1 aromatic carbocycles. The molecule has 12 heavy (non-hydrogen) atoms. The molecule has 0 fully saturated rings. The van der Waals surface area contributed by atoms with E-state index in [0.29, 0.717) is 5.56 Å². The molecule has 1 nitrogen and oxygen atoms in total. The van der Waals surface area contributed by atoms with Crippen LogP contribution in [-0.4, -0.2) is 0 Å². The van der Waals surface area contributed by atoms with Crippen LogP contribution in [0.15, 0.2) is 28.7 Å². The smallest absolute Gasteiger partial charge is 0.0991 e. The molecule has 0 N–H and O–H groups in total. The van der Waals surface area contributed by atoms with Gasteiger partial charge in [0, 0.05) is 4.47 Å². The molecule has 60 valence electrons. The molecule has 0 aliphatic carbocycles. The SMILES string of the molecule is C/C=C\c1cc(C#N)ccc1Br. The Bertz CT molecular complexity index is 347. The van der Waals surface area contributed by atoms with E-state index >= 15 is 0 Å². The molecule has 0 aliphatic heterocycles. The van der Waals surface area contributed by atoms with Gasteiger partial charge in [-0.05, 0) is 30.7 Å². The summed E-state index contributed by atoms with van der Waals surface area (Å²) in [4.78, 5) is 0. The first kappa shape index (κ1) is 9.02. The van der Waals surface area contributed by atoms with Gasteiger partial charge in [0.05, 0.1) is 11.6 Å². The number of allylic oxidation sites excluding steroid dienone is 1. The Balaban J connectivity index is 3.19. The molecule has 0 saturated carbocycles. The summed E-state index contributed by atoms with van der Waals surface area (Å²) in [6, 6.07) is 7.62. The molecule has 0 aromatic heterocycles. The number of halogens is 1. The van der Waals surface area contributed by atoms with Crippen LogP contribution in [0.1, 0.15) is 18.1 Å². The van der Waals surface area contributed by atoms with Crippen molar-refractivity contribution in [1.29, 1.82) is 5.26 Å². The molecular formula is C10H8BrN. The number of nitriles is 1. The highest BCUT2D eigenvalue weighted by atomic mass is 79.9. The second-order valence-corrected chi connectivity index (χ2v) is 3.20. The van der Waals surface area contributed by atoms with Crippen LogP contribution in [-0.2, 0) is 0 Å². The van der Waals surface area contributed by atoms with E-state index in [9.17, 15) is 0 Å². The first-order valence-corrected chi connectivity index (χ1v) is 4.39. The summed E-state index contributed by atoms with van der Waals surface area (Å²) in [7, 11) is 0. The third-order valence-corrected chi connectivity index (χ3v) is 2.19. The summed E-state index contributed by atoms with van der Waals surface area (Å²) in [5.74, 6) is 0. The molecule has 1 rings (SSSR count). The first-order chi connectivity index (χ1) is 5.77. The Morgan fingerprint density at radius 3 is 2.83 bits per heavy atom. The van der Waals surface area contributed by atoms with Crippen molar-refractivity contribution in [3.63, 3.8) is 0 Å². The van der Waals surface area contributed by atoms with Gasteiger partial charge in [-0.2, -0.15) is 5.26 Å². The van der Waals surface area contributed by atoms with Crippen LogP contribution >= 0.6 is 15.9 Å². The maximum atomic E-state index is 8.63. The van der Waals surface area contributed by atoms with E-state index in [1.165, 1.54) is 0 Å². The molecule has 0 saturated heterocycles. The maximum absolute atomic E-state index is 8.63. The molecule has 2 heteroatoms. The van der Waals surface area contributed by atoms with E-state index in [-0.39, 0.29) is 0 Å². The summed E-state index contributed by atoms with van der Waals surface area (Å²) < 4.78 is 1.01. The number of hydrogen-bond donors (Lipinski definition) is 0. The van der Waals surface area contributed by atoms with E-state index in [2.05, 4.69) is 22.0 Å². The maximum Gasteiger partial charge on any atom is 0.0991 e.